The number of benzene rings is 1. The van der Waals surface area contributed by atoms with Gasteiger partial charge < -0.3 is 4.74 Å². The van der Waals surface area contributed by atoms with E-state index in [1.807, 2.05) is 31.2 Å². The number of hydrogen-bond donors (Lipinski definition) is 0. The molecule has 0 fully saturated rings. The zero-order chi connectivity index (χ0) is 15.5. The molecule has 7 heteroatoms. The van der Waals surface area contributed by atoms with Crippen LogP contribution in [0.2, 0.25) is 0 Å². The van der Waals surface area contributed by atoms with Crippen molar-refractivity contribution in [3.05, 3.63) is 45.7 Å². The lowest BCUT2D eigenvalue weighted by Gasteiger charge is -2.18. The molecule has 21 heavy (non-hydrogen) atoms. The first-order valence-corrected chi connectivity index (χ1v) is 9.48. The van der Waals surface area contributed by atoms with Gasteiger partial charge in [-0.15, -0.1) is 11.3 Å². The largest absolute Gasteiger partial charge is 0.494 e. The molecule has 0 atom stereocenters. The van der Waals surface area contributed by atoms with E-state index in [2.05, 4.69) is 15.9 Å². The summed E-state index contributed by atoms with van der Waals surface area (Å²) in [5.41, 5.74) is 0.845. The van der Waals surface area contributed by atoms with Crippen molar-refractivity contribution in [2.45, 2.75) is 17.7 Å². The monoisotopic (exact) mass is 389 g/mol. The van der Waals surface area contributed by atoms with E-state index in [4.69, 9.17) is 4.74 Å². The second-order valence-corrected chi connectivity index (χ2v) is 8.37. The average molecular weight is 390 g/mol. The van der Waals surface area contributed by atoms with Crippen LogP contribution in [0.25, 0.3) is 0 Å². The van der Waals surface area contributed by atoms with Crippen molar-refractivity contribution in [2.75, 3.05) is 13.7 Å². The number of hydrogen-bond acceptors (Lipinski definition) is 4. The van der Waals surface area contributed by atoms with Gasteiger partial charge in [-0.3, -0.25) is 0 Å². The van der Waals surface area contributed by atoms with Gasteiger partial charge in [-0.1, -0.05) is 18.2 Å². The Bertz CT molecular complexity index is 713. The summed E-state index contributed by atoms with van der Waals surface area (Å²) in [6.45, 7) is 2.72. The number of thiophene rings is 1. The van der Waals surface area contributed by atoms with E-state index in [1.54, 1.807) is 18.5 Å². The van der Waals surface area contributed by atoms with Gasteiger partial charge in [0.2, 0.25) is 0 Å². The number of halogens is 1. The van der Waals surface area contributed by atoms with Crippen LogP contribution in [0.3, 0.4) is 0 Å². The van der Waals surface area contributed by atoms with Gasteiger partial charge in [0.05, 0.1) is 6.61 Å². The Balaban J connectivity index is 2.26. The summed E-state index contributed by atoms with van der Waals surface area (Å²) in [6.07, 6.45) is 0. The van der Waals surface area contributed by atoms with Crippen molar-refractivity contribution >= 4 is 37.3 Å². The minimum atomic E-state index is -3.51. The second-order valence-electron chi connectivity index (χ2n) is 4.36. The van der Waals surface area contributed by atoms with Crippen LogP contribution in [0, 0.1) is 0 Å². The molecular weight excluding hydrogens is 374 g/mol. The lowest BCUT2D eigenvalue weighted by Crippen LogP contribution is -2.26. The van der Waals surface area contributed by atoms with E-state index in [0.29, 0.717) is 21.0 Å². The SMILES string of the molecule is CCOc1ccccc1CN(C)S(=O)(=O)c1sccc1Br. The molecule has 0 unspecified atom stereocenters. The maximum absolute atomic E-state index is 12.6. The molecule has 2 aromatic rings. The molecule has 0 aliphatic heterocycles. The second kappa shape index (κ2) is 6.91. The van der Waals surface area contributed by atoms with Crippen LogP contribution in [-0.4, -0.2) is 26.4 Å². The minimum Gasteiger partial charge on any atom is -0.494 e. The molecule has 0 saturated heterocycles. The number of rotatable bonds is 6. The van der Waals surface area contributed by atoms with Crippen LogP contribution in [0.1, 0.15) is 12.5 Å². The van der Waals surface area contributed by atoms with Gasteiger partial charge in [-0.05, 0) is 40.4 Å². The van der Waals surface area contributed by atoms with E-state index < -0.39 is 10.0 Å². The molecule has 0 radical (unpaired) electrons. The molecule has 0 aliphatic carbocycles. The normalized spacial score (nSPS) is 11.8. The Morgan fingerprint density at radius 1 is 1.29 bits per heavy atom. The third-order valence-electron chi connectivity index (χ3n) is 2.89. The molecule has 4 nitrogen and oxygen atoms in total. The van der Waals surface area contributed by atoms with E-state index in [-0.39, 0.29) is 6.54 Å². The van der Waals surface area contributed by atoms with Gasteiger partial charge in [0, 0.05) is 23.6 Å². The number of para-hydroxylation sites is 1. The molecule has 0 amide bonds. The summed E-state index contributed by atoms with van der Waals surface area (Å²) in [7, 11) is -1.93. The fourth-order valence-electron chi connectivity index (χ4n) is 1.86. The predicted molar refractivity (Wildman–Crippen MR) is 88.3 cm³/mol. The topological polar surface area (TPSA) is 46.6 Å². The van der Waals surface area contributed by atoms with Crippen molar-refractivity contribution in [1.82, 2.24) is 4.31 Å². The van der Waals surface area contributed by atoms with Gasteiger partial charge in [0.1, 0.15) is 9.96 Å². The van der Waals surface area contributed by atoms with Crippen LogP contribution in [0.15, 0.2) is 44.4 Å². The third-order valence-corrected chi connectivity index (χ3v) is 7.35. The number of nitrogens with zero attached hydrogens (tertiary/aromatic N) is 1. The van der Waals surface area contributed by atoms with Gasteiger partial charge in [-0.25, -0.2) is 8.42 Å². The minimum absolute atomic E-state index is 0.267. The Morgan fingerprint density at radius 3 is 2.62 bits per heavy atom. The number of sulfonamides is 1. The summed E-state index contributed by atoms with van der Waals surface area (Å²) >= 11 is 4.48. The Labute approximate surface area is 137 Å². The Morgan fingerprint density at radius 2 is 2.00 bits per heavy atom. The van der Waals surface area contributed by atoms with Gasteiger partial charge in [0.25, 0.3) is 10.0 Å². The molecule has 0 saturated carbocycles. The molecular formula is C14H16BrNO3S2. The smallest absolute Gasteiger partial charge is 0.253 e. The summed E-state index contributed by atoms with van der Waals surface area (Å²) in [5.74, 6) is 0.715. The standard InChI is InChI=1S/C14H16BrNO3S2/c1-3-19-13-7-5-4-6-11(13)10-16(2)21(17,18)14-12(15)8-9-20-14/h4-9H,3,10H2,1-2H3. The average Bonchev–Trinajstić information content (AvgIpc) is 2.88. The lowest BCUT2D eigenvalue weighted by atomic mass is 10.2. The van der Waals surface area contributed by atoms with Crippen LogP contribution in [-0.2, 0) is 16.6 Å². The van der Waals surface area contributed by atoms with Crippen molar-refractivity contribution in [1.29, 1.82) is 0 Å². The predicted octanol–water partition coefficient (Wildman–Crippen LogP) is 3.73. The molecule has 0 aliphatic rings. The summed E-state index contributed by atoms with van der Waals surface area (Å²) in [5, 5.41) is 1.75. The third kappa shape index (κ3) is 3.66. The van der Waals surface area contributed by atoms with E-state index in [0.717, 1.165) is 5.56 Å². The zero-order valence-corrected chi connectivity index (χ0v) is 15.0. The molecule has 0 bridgehead atoms. The van der Waals surface area contributed by atoms with E-state index in [9.17, 15) is 8.42 Å². The Kier molecular flexibility index (Phi) is 5.43. The molecule has 1 heterocycles. The molecule has 0 N–H and O–H groups in total. The van der Waals surface area contributed by atoms with Crippen molar-refractivity contribution < 1.29 is 13.2 Å². The fraction of sp³-hybridized carbons (Fsp3) is 0.286. The summed E-state index contributed by atoms with van der Waals surface area (Å²) in [6, 6.07) is 9.21. The molecule has 0 spiro atoms. The van der Waals surface area contributed by atoms with Crippen LogP contribution in [0.5, 0.6) is 5.75 Å². The molecule has 114 valence electrons. The fourth-order valence-corrected chi connectivity index (χ4v) is 5.51. The van der Waals surface area contributed by atoms with Gasteiger partial charge in [0.15, 0.2) is 0 Å². The highest BCUT2D eigenvalue weighted by molar-refractivity contribution is 9.10. The van der Waals surface area contributed by atoms with Crippen molar-refractivity contribution in [3.8, 4) is 5.75 Å². The zero-order valence-electron chi connectivity index (χ0n) is 11.7. The van der Waals surface area contributed by atoms with Crippen LogP contribution < -0.4 is 4.74 Å². The Hall–Kier alpha value is -0.890. The van der Waals surface area contributed by atoms with Crippen LogP contribution >= 0.6 is 27.3 Å². The first-order valence-electron chi connectivity index (χ1n) is 6.37. The maximum atomic E-state index is 12.6. The first-order chi connectivity index (χ1) is 9.96. The molecule has 1 aromatic heterocycles. The molecule has 1 aromatic carbocycles. The quantitative estimate of drug-likeness (QED) is 0.755. The highest BCUT2D eigenvalue weighted by atomic mass is 79.9. The van der Waals surface area contributed by atoms with Gasteiger partial charge >= 0.3 is 0 Å². The first kappa shape index (κ1) is 16.5. The maximum Gasteiger partial charge on any atom is 0.253 e. The van der Waals surface area contributed by atoms with Crippen molar-refractivity contribution in [3.63, 3.8) is 0 Å². The molecule has 2 rings (SSSR count). The summed E-state index contributed by atoms with van der Waals surface area (Å²) in [4.78, 5) is 0. The highest BCUT2D eigenvalue weighted by Gasteiger charge is 2.25. The van der Waals surface area contributed by atoms with E-state index in [1.165, 1.54) is 15.6 Å². The highest BCUT2D eigenvalue weighted by Crippen LogP contribution is 2.31. The van der Waals surface area contributed by atoms with Gasteiger partial charge in [-0.2, -0.15) is 4.31 Å². The summed E-state index contributed by atoms with van der Waals surface area (Å²) < 4.78 is 32.9. The van der Waals surface area contributed by atoms with Crippen LogP contribution in [0.4, 0.5) is 0 Å². The number of ether oxygens (including phenoxy) is 1. The van der Waals surface area contributed by atoms with E-state index >= 15 is 0 Å². The van der Waals surface area contributed by atoms with Crippen molar-refractivity contribution in [2.24, 2.45) is 0 Å². The lowest BCUT2D eigenvalue weighted by molar-refractivity contribution is 0.332.